The van der Waals surface area contributed by atoms with Gasteiger partial charge in [0.05, 0.1) is 12.7 Å². The van der Waals surface area contributed by atoms with E-state index in [9.17, 15) is 8.78 Å². The van der Waals surface area contributed by atoms with Crippen LogP contribution in [0.1, 0.15) is 34.1 Å². The van der Waals surface area contributed by atoms with Crippen molar-refractivity contribution in [2.75, 3.05) is 26.2 Å². The molecule has 0 aromatic rings. The molecule has 1 fully saturated rings. The number of nitrogens with zero attached hydrogens (tertiary/aromatic N) is 1. The Balaban J connectivity index is 2.70. The van der Waals surface area contributed by atoms with Gasteiger partial charge in [-0.2, -0.15) is 0 Å². The van der Waals surface area contributed by atoms with Gasteiger partial charge in [-0.05, 0) is 33.4 Å². The van der Waals surface area contributed by atoms with Crippen LogP contribution in [0.3, 0.4) is 0 Å². The standard InChI is InChI=1S/C13H25F2NO/c1-5-16-7-6-11(12(14)15)13(4,8-16)9-17-10(2)3/h10-12H,5-9H2,1-4H3/t11-,13+/m0/s1. The highest BCUT2D eigenvalue weighted by Crippen LogP contribution is 2.39. The van der Waals surface area contributed by atoms with E-state index in [0.717, 1.165) is 13.1 Å². The molecule has 4 heteroatoms. The monoisotopic (exact) mass is 249 g/mol. The molecule has 0 unspecified atom stereocenters. The van der Waals surface area contributed by atoms with Gasteiger partial charge in [-0.1, -0.05) is 13.8 Å². The molecule has 0 radical (unpaired) electrons. The summed E-state index contributed by atoms with van der Waals surface area (Å²) in [6.07, 6.45) is -1.57. The fraction of sp³-hybridized carbons (Fsp3) is 1.00. The van der Waals surface area contributed by atoms with Gasteiger partial charge in [0.1, 0.15) is 0 Å². The van der Waals surface area contributed by atoms with Crippen LogP contribution in [0.4, 0.5) is 8.78 Å². The molecule has 1 heterocycles. The molecule has 1 aliphatic heterocycles. The summed E-state index contributed by atoms with van der Waals surface area (Å²) in [6, 6.07) is 0. The van der Waals surface area contributed by atoms with Crippen molar-refractivity contribution in [1.82, 2.24) is 4.90 Å². The van der Waals surface area contributed by atoms with Gasteiger partial charge < -0.3 is 9.64 Å². The van der Waals surface area contributed by atoms with Gasteiger partial charge in [-0.25, -0.2) is 8.78 Å². The Kier molecular flexibility index (Phi) is 5.32. The molecule has 0 bridgehead atoms. The van der Waals surface area contributed by atoms with Gasteiger partial charge in [0.25, 0.3) is 0 Å². The first-order valence-corrected chi connectivity index (χ1v) is 6.51. The Morgan fingerprint density at radius 1 is 1.41 bits per heavy atom. The Morgan fingerprint density at radius 2 is 2.06 bits per heavy atom. The molecular weight excluding hydrogens is 224 g/mol. The molecule has 102 valence electrons. The predicted octanol–water partition coefficient (Wildman–Crippen LogP) is 3.02. The lowest BCUT2D eigenvalue weighted by atomic mass is 9.73. The fourth-order valence-electron chi connectivity index (χ4n) is 2.59. The quantitative estimate of drug-likeness (QED) is 0.742. The van der Waals surface area contributed by atoms with Crippen LogP contribution in [0.2, 0.25) is 0 Å². The molecule has 0 aromatic carbocycles. The number of halogens is 2. The predicted molar refractivity (Wildman–Crippen MR) is 65.4 cm³/mol. The van der Waals surface area contributed by atoms with Crippen molar-refractivity contribution < 1.29 is 13.5 Å². The summed E-state index contributed by atoms with van der Waals surface area (Å²) in [4.78, 5) is 2.24. The number of rotatable bonds is 5. The maximum atomic E-state index is 13.1. The summed E-state index contributed by atoms with van der Waals surface area (Å²) in [5, 5.41) is 0. The lowest BCUT2D eigenvalue weighted by Crippen LogP contribution is -2.52. The second kappa shape index (κ2) is 6.10. The molecule has 0 N–H and O–H groups in total. The maximum Gasteiger partial charge on any atom is 0.242 e. The minimum atomic E-state index is -2.24. The van der Waals surface area contributed by atoms with E-state index in [1.807, 2.05) is 20.8 Å². The van der Waals surface area contributed by atoms with E-state index in [4.69, 9.17) is 4.74 Å². The Bertz CT molecular complexity index is 235. The minimum absolute atomic E-state index is 0.0992. The summed E-state index contributed by atoms with van der Waals surface area (Å²) >= 11 is 0. The number of hydrogen-bond donors (Lipinski definition) is 0. The topological polar surface area (TPSA) is 12.5 Å². The summed E-state index contributed by atoms with van der Waals surface area (Å²) < 4.78 is 31.8. The van der Waals surface area contributed by atoms with E-state index in [1.54, 1.807) is 0 Å². The average molecular weight is 249 g/mol. The van der Waals surface area contributed by atoms with Crippen LogP contribution in [0.15, 0.2) is 0 Å². The van der Waals surface area contributed by atoms with E-state index in [2.05, 4.69) is 11.8 Å². The van der Waals surface area contributed by atoms with Crippen LogP contribution in [0, 0.1) is 11.3 Å². The van der Waals surface area contributed by atoms with E-state index >= 15 is 0 Å². The summed E-state index contributed by atoms with van der Waals surface area (Å²) in [5.74, 6) is -0.538. The molecule has 17 heavy (non-hydrogen) atoms. The van der Waals surface area contributed by atoms with Crippen LogP contribution < -0.4 is 0 Å². The number of likely N-dealkylation sites (tertiary alicyclic amines) is 1. The maximum absolute atomic E-state index is 13.1. The molecule has 0 aliphatic carbocycles. The highest BCUT2D eigenvalue weighted by molar-refractivity contribution is 4.91. The van der Waals surface area contributed by atoms with Crippen molar-refractivity contribution in [3.63, 3.8) is 0 Å². The number of hydrogen-bond acceptors (Lipinski definition) is 2. The first-order chi connectivity index (χ1) is 7.89. The van der Waals surface area contributed by atoms with E-state index < -0.39 is 17.8 Å². The molecule has 0 saturated carbocycles. The zero-order valence-corrected chi connectivity index (χ0v) is 11.4. The largest absolute Gasteiger partial charge is 0.378 e. The van der Waals surface area contributed by atoms with Crippen LogP contribution in [0.5, 0.6) is 0 Å². The van der Waals surface area contributed by atoms with Crippen molar-refractivity contribution in [1.29, 1.82) is 0 Å². The molecule has 0 aromatic heterocycles. The van der Waals surface area contributed by atoms with Crippen LogP contribution >= 0.6 is 0 Å². The molecule has 2 nitrogen and oxygen atoms in total. The SMILES string of the molecule is CCN1CC[C@@H](C(F)F)[C@@](C)(COC(C)C)C1. The number of alkyl halides is 2. The first-order valence-electron chi connectivity index (χ1n) is 6.51. The van der Waals surface area contributed by atoms with Crippen molar-refractivity contribution in [3.05, 3.63) is 0 Å². The highest BCUT2D eigenvalue weighted by Gasteiger charge is 2.44. The van der Waals surface area contributed by atoms with Crippen LogP contribution in [-0.2, 0) is 4.74 Å². The molecule has 1 aliphatic rings. The number of ether oxygens (including phenoxy) is 1. The summed E-state index contributed by atoms with van der Waals surface area (Å²) in [6.45, 7) is 10.8. The minimum Gasteiger partial charge on any atom is -0.378 e. The van der Waals surface area contributed by atoms with Crippen molar-refractivity contribution in [3.8, 4) is 0 Å². The second-order valence-corrected chi connectivity index (χ2v) is 5.61. The Labute approximate surface area is 103 Å². The van der Waals surface area contributed by atoms with Gasteiger partial charge in [0.2, 0.25) is 6.43 Å². The highest BCUT2D eigenvalue weighted by atomic mass is 19.3. The average Bonchev–Trinajstić information content (AvgIpc) is 2.25. The first kappa shape index (κ1) is 14.8. The van der Waals surface area contributed by atoms with Gasteiger partial charge in [-0.3, -0.25) is 0 Å². The third kappa shape index (κ3) is 3.88. The van der Waals surface area contributed by atoms with E-state index in [1.165, 1.54) is 0 Å². The lowest BCUT2D eigenvalue weighted by Gasteiger charge is -2.45. The zero-order chi connectivity index (χ0) is 13.1. The van der Waals surface area contributed by atoms with Crippen molar-refractivity contribution in [2.45, 2.75) is 46.6 Å². The lowest BCUT2D eigenvalue weighted by molar-refractivity contribution is -0.100. The summed E-state index contributed by atoms with van der Waals surface area (Å²) in [5.41, 5.74) is -0.424. The van der Waals surface area contributed by atoms with Crippen molar-refractivity contribution in [2.24, 2.45) is 11.3 Å². The smallest absolute Gasteiger partial charge is 0.242 e. The normalized spacial score (nSPS) is 31.4. The third-order valence-electron chi connectivity index (χ3n) is 3.73. The second-order valence-electron chi connectivity index (χ2n) is 5.61. The molecule has 0 amide bonds. The van der Waals surface area contributed by atoms with E-state index in [0.29, 0.717) is 19.6 Å². The van der Waals surface area contributed by atoms with Gasteiger partial charge in [0, 0.05) is 17.9 Å². The molecule has 2 atom stereocenters. The molecule has 1 rings (SSSR count). The van der Waals surface area contributed by atoms with Gasteiger partial charge in [-0.15, -0.1) is 0 Å². The fourth-order valence-corrected chi connectivity index (χ4v) is 2.59. The van der Waals surface area contributed by atoms with Crippen LogP contribution in [-0.4, -0.2) is 43.7 Å². The molecular formula is C13H25F2NO. The Hall–Kier alpha value is -0.220. The summed E-state index contributed by atoms with van der Waals surface area (Å²) in [7, 11) is 0. The third-order valence-corrected chi connectivity index (χ3v) is 3.73. The van der Waals surface area contributed by atoms with Gasteiger partial charge in [0.15, 0.2) is 0 Å². The molecule has 1 saturated heterocycles. The van der Waals surface area contributed by atoms with Crippen molar-refractivity contribution >= 4 is 0 Å². The van der Waals surface area contributed by atoms with E-state index in [-0.39, 0.29) is 6.10 Å². The Morgan fingerprint density at radius 3 is 2.53 bits per heavy atom. The van der Waals surface area contributed by atoms with Gasteiger partial charge >= 0.3 is 0 Å². The zero-order valence-electron chi connectivity index (χ0n) is 11.4. The van der Waals surface area contributed by atoms with Crippen LogP contribution in [0.25, 0.3) is 0 Å². The number of piperidine rings is 1. The molecule has 0 spiro atoms.